The number of H-pyrrole nitrogens is 1. The van der Waals surface area contributed by atoms with E-state index in [0.29, 0.717) is 0 Å². The van der Waals surface area contributed by atoms with E-state index in [9.17, 15) is 4.79 Å². The number of pyridine rings is 1. The van der Waals surface area contributed by atoms with Crippen molar-refractivity contribution in [3.63, 3.8) is 0 Å². The van der Waals surface area contributed by atoms with E-state index in [0.717, 1.165) is 30.1 Å². The molecule has 1 aliphatic rings. The Labute approximate surface area is 103 Å². The highest BCUT2D eigenvalue weighted by atomic mass is 32.1. The molecule has 1 unspecified atom stereocenters. The predicted molar refractivity (Wildman–Crippen MR) is 68.5 cm³/mol. The van der Waals surface area contributed by atoms with Gasteiger partial charge in [-0.25, -0.2) is 4.98 Å². The third-order valence-corrected chi connectivity index (χ3v) is 3.77. The zero-order chi connectivity index (χ0) is 11.7. The Balaban J connectivity index is 1.91. The Kier molecular flexibility index (Phi) is 2.68. The largest absolute Gasteiger partial charge is 0.355 e. The smallest absolute Gasteiger partial charge is 0.248 e. The molecule has 0 bridgehead atoms. The van der Waals surface area contributed by atoms with Gasteiger partial charge in [-0.05, 0) is 30.9 Å². The molecule has 0 spiro atoms. The molecule has 0 fully saturated rings. The number of nitrogens with one attached hydrogen (secondary N) is 2. The fourth-order valence-electron chi connectivity index (χ4n) is 2.29. The molecule has 88 valence electrons. The lowest BCUT2D eigenvalue weighted by atomic mass is 9.91. The van der Waals surface area contributed by atoms with Crippen molar-refractivity contribution in [2.45, 2.75) is 25.3 Å². The minimum Gasteiger partial charge on any atom is -0.355 e. The molecule has 4 nitrogen and oxygen atoms in total. The minimum absolute atomic E-state index is 0.0151. The molecule has 0 aliphatic heterocycles. The van der Waals surface area contributed by atoms with Crippen LogP contribution < -0.4 is 10.9 Å². The van der Waals surface area contributed by atoms with Gasteiger partial charge in [0.05, 0.1) is 6.04 Å². The number of aromatic nitrogens is 2. The molecule has 17 heavy (non-hydrogen) atoms. The molecule has 0 saturated carbocycles. The quantitative estimate of drug-likeness (QED) is 0.856. The second kappa shape index (κ2) is 4.33. The average molecular weight is 247 g/mol. The van der Waals surface area contributed by atoms with E-state index in [4.69, 9.17) is 0 Å². The number of hydrogen-bond acceptors (Lipinski definition) is 4. The van der Waals surface area contributed by atoms with Gasteiger partial charge in [0.2, 0.25) is 5.56 Å². The van der Waals surface area contributed by atoms with Crippen LogP contribution in [0.2, 0.25) is 0 Å². The van der Waals surface area contributed by atoms with E-state index in [1.807, 2.05) is 11.4 Å². The summed E-state index contributed by atoms with van der Waals surface area (Å²) in [6.45, 7) is 0. The van der Waals surface area contributed by atoms with Crippen LogP contribution in [0.15, 0.2) is 28.5 Å². The van der Waals surface area contributed by atoms with E-state index in [1.54, 1.807) is 23.6 Å². The van der Waals surface area contributed by atoms with Gasteiger partial charge in [-0.3, -0.25) is 4.79 Å². The standard InChI is InChI=1S/C12H13N3OS/c16-11-5-4-8-9(14-11)2-1-3-10(8)15-12-13-6-7-17-12/h4-7,10H,1-3H2,(H,13,15)(H,14,16). The molecule has 2 N–H and O–H groups in total. The Morgan fingerprint density at radius 1 is 1.47 bits per heavy atom. The highest BCUT2D eigenvalue weighted by Crippen LogP contribution is 2.31. The second-order valence-electron chi connectivity index (χ2n) is 4.18. The number of fused-ring (bicyclic) bond motifs is 1. The maximum atomic E-state index is 11.3. The van der Waals surface area contributed by atoms with Crippen LogP contribution in [-0.4, -0.2) is 9.97 Å². The van der Waals surface area contributed by atoms with Crippen molar-refractivity contribution in [3.8, 4) is 0 Å². The van der Waals surface area contributed by atoms with Crippen LogP contribution in [0, 0.1) is 0 Å². The SMILES string of the molecule is O=c1ccc2c([nH]1)CCCC2Nc1nccs1. The molecule has 1 aliphatic carbocycles. The lowest BCUT2D eigenvalue weighted by molar-refractivity contribution is 0.586. The molecule has 5 heteroatoms. The van der Waals surface area contributed by atoms with Gasteiger partial charge in [-0.2, -0.15) is 0 Å². The van der Waals surface area contributed by atoms with Gasteiger partial charge in [0.15, 0.2) is 5.13 Å². The van der Waals surface area contributed by atoms with Gasteiger partial charge >= 0.3 is 0 Å². The number of aryl methyl sites for hydroxylation is 1. The second-order valence-corrected chi connectivity index (χ2v) is 5.08. The summed E-state index contributed by atoms with van der Waals surface area (Å²) in [5, 5.41) is 6.32. The van der Waals surface area contributed by atoms with Gasteiger partial charge in [0.25, 0.3) is 0 Å². The van der Waals surface area contributed by atoms with Gasteiger partial charge in [-0.15, -0.1) is 11.3 Å². The number of anilines is 1. The molecule has 3 rings (SSSR count). The Morgan fingerprint density at radius 2 is 2.41 bits per heavy atom. The lowest BCUT2D eigenvalue weighted by Crippen LogP contribution is -2.21. The first-order valence-electron chi connectivity index (χ1n) is 5.71. The van der Waals surface area contributed by atoms with Crippen LogP contribution in [0.3, 0.4) is 0 Å². The first kappa shape index (κ1) is 10.5. The molecular formula is C12H13N3OS. The molecule has 0 amide bonds. The maximum absolute atomic E-state index is 11.3. The van der Waals surface area contributed by atoms with Crippen molar-refractivity contribution in [2.75, 3.05) is 5.32 Å². The molecule has 2 aromatic heterocycles. The van der Waals surface area contributed by atoms with Crippen molar-refractivity contribution in [2.24, 2.45) is 0 Å². The van der Waals surface area contributed by atoms with Gasteiger partial charge in [0, 0.05) is 23.3 Å². The highest BCUT2D eigenvalue weighted by molar-refractivity contribution is 7.13. The summed E-state index contributed by atoms with van der Waals surface area (Å²) < 4.78 is 0. The Bertz CT molecular complexity index is 561. The van der Waals surface area contributed by atoms with Crippen LogP contribution in [-0.2, 0) is 6.42 Å². The summed E-state index contributed by atoms with van der Waals surface area (Å²) in [5.41, 5.74) is 2.25. The van der Waals surface area contributed by atoms with E-state index in [-0.39, 0.29) is 11.6 Å². The van der Waals surface area contributed by atoms with Crippen LogP contribution in [0.1, 0.15) is 30.1 Å². The van der Waals surface area contributed by atoms with Crippen LogP contribution in [0.25, 0.3) is 0 Å². The fourth-order valence-corrected chi connectivity index (χ4v) is 2.88. The van der Waals surface area contributed by atoms with Gasteiger partial charge in [-0.1, -0.05) is 0 Å². The monoisotopic (exact) mass is 247 g/mol. The number of nitrogens with zero attached hydrogens (tertiary/aromatic N) is 1. The van der Waals surface area contributed by atoms with E-state index >= 15 is 0 Å². The molecule has 1 atom stereocenters. The zero-order valence-corrected chi connectivity index (χ0v) is 10.1. The fraction of sp³-hybridized carbons (Fsp3) is 0.333. The summed E-state index contributed by atoms with van der Waals surface area (Å²) in [6.07, 6.45) is 4.93. The summed E-state index contributed by atoms with van der Waals surface area (Å²) in [5.74, 6) is 0. The van der Waals surface area contributed by atoms with Gasteiger partial charge in [0.1, 0.15) is 0 Å². The van der Waals surface area contributed by atoms with Crippen LogP contribution in [0.4, 0.5) is 5.13 Å². The normalized spacial score (nSPS) is 18.7. The summed E-state index contributed by atoms with van der Waals surface area (Å²) >= 11 is 1.60. The number of aromatic amines is 1. The topological polar surface area (TPSA) is 57.8 Å². The first-order chi connectivity index (χ1) is 8.33. The predicted octanol–water partition coefficient (Wildman–Crippen LogP) is 2.32. The van der Waals surface area contributed by atoms with Crippen LogP contribution in [0.5, 0.6) is 0 Å². The zero-order valence-electron chi connectivity index (χ0n) is 9.27. The third kappa shape index (κ3) is 2.10. The van der Waals surface area contributed by atoms with Crippen molar-refractivity contribution in [3.05, 3.63) is 45.3 Å². The Morgan fingerprint density at radius 3 is 3.24 bits per heavy atom. The number of thiazole rings is 1. The van der Waals surface area contributed by atoms with E-state index in [1.165, 1.54) is 5.56 Å². The molecule has 0 radical (unpaired) electrons. The number of rotatable bonds is 2. The van der Waals surface area contributed by atoms with Crippen molar-refractivity contribution < 1.29 is 0 Å². The summed E-state index contributed by atoms with van der Waals surface area (Å²) in [4.78, 5) is 18.4. The van der Waals surface area contributed by atoms with Gasteiger partial charge < -0.3 is 10.3 Å². The molecular weight excluding hydrogens is 234 g/mol. The van der Waals surface area contributed by atoms with Crippen molar-refractivity contribution >= 4 is 16.5 Å². The molecule has 2 heterocycles. The third-order valence-electron chi connectivity index (χ3n) is 3.06. The van der Waals surface area contributed by atoms with Crippen LogP contribution >= 0.6 is 11.3 Å². The van der Waals surface area contributed by atoms with E-state index < -0.39 is 0 Å². The number of hydrogen-bond donors (Lipinski definition) is 2. The molecule has 0 saturated heterocycles. The maximum Gasteiger partial charge on any atom is 0.248 e. The molecule has 0 aromatic carbocycles. The lowest BCUT2D eigenvalue weighted by Gasteiger charge is -2.25. The van der Waals surface area contributed by atoms with E-state index in [2.05, 4.69) is 15.3 Å². The summed E-state index contributed by atoms with van der Waals surface area (Å²) in [7, 11) is 0. The van der Waals surface area contributed by atoms with Crippen molar-refractivity contribution in [1.82, 2.24) is 9.97 Å². The average Bonchev–Trinajstić information content (AvgIpc) is 2.82. The highest BCUT2D eigenvalue weighted by Gasteiger charge is 2.21. The summed E-state index contributed by atoms with van der Waals surface area (Å²) in [6, 6.07) is 3.79. The molecule has 2 aromatic rings. The minimum atomic E-state index is -0.0151. The Hall–Kier alpha value is -1.62. The van der Waals surface area contributed by atoms with Crippen molar-refractivity contribution in [1.29, 1.82) is 0 Å². The first-order valence-corrected chi connectivity index (χ1v) is 6.59.